The average molecular weight is 216 g/mol. The molecule has 0 aromatic carbocycles. The molecule has 0 aliphatic rings. The predicted octanol–water partition coefficient (Wildman–Crippen LogP) is 1.02. The first kappa shape index (κ1) is 14.1. The van der Waals surface area contributed by atoms with Gasteiger partial charge < -0.3 is 14.6 Å². The van der Waals surface area contributed by atoms with E-state index in [-0.39, 0.29) is 24.4 Å². The van der Waals surface area contributed by atoms with Crippen LogP contribution in [-0.2, 0) is 14.3 Å². The summed E-state index contributed by atoms with van der Waals surface area (Å²) in [6.45, 7) is 3.60. The van der Waals surface area contributed by atoms with E-state index in [1.165, 1.54) is 7.11 Å². The van der Waals surface area contributed by atoms with Crippen LogP contribution >= 0.6 is 0 Å². The van der Waals surface area contributed by atoms with Gasteiger partial charge in [0.15, 0.2) is 0 Å². The van der Waals surface area contributed by atoms with Gasteiger partial charge in [-0.15, -0.1) is 0 Å². The van der Waals surface area contributed by atoms with Crippen molar-refractivity contribution in [2.75, 3.05) is 13.7 Å². The standard InChI is InChI=1S/C11H20O4/c1-8(4-9(2)6-12)5-10(7-13)11(14)15-3/h6,8-10,13H,4-5,7H2,1-3H3/t8-,9+,10+/m0/s1. The maximum absolute atomic E-state index is 11.2. The lowest BCUT2D eigenvalue weighted by atomic mass is 9.89. The molecule has 0 fully saturated rings. The highest BCUT2D eigenvalue weighted by Crippen LogP contribution is 2.19. The van der Waals surface area contributed by atoms with Crippen LogP contribution < -0.4 is 0 Å². The Morgan fingerprint density at radius 2 is 2.00 bits per heavy atom. The van der Waals surface area contributed by atoms with Gasteiger partial charge in [0.05, 0.1) is 19.6 Å². The normalized spacial score (nSPS) is 16.5. The van der Waals surface area contributed by atoms with Gasteiger partial charge in [0.25, 0.3) is 0 Å². The number of hydrogen-bond acceptors (Lipinski definition) is 4. The molecule has 0 bridgehead atoms. The van der Waals surface area contributed by atoms with Gasteiger partial charge in [0, 0.05) is 5.92 Å². The maximum atomic E-state index is 11.2. The van der Waals surface area contributed by atoms with E-state index in [0.29, 0.717) is 6.42 Å². The first-order valence-electron chi connectivity index (χ1n) is 5.19. The van der Waals surface area contributed by atoms with Crippen LogP contribution in [0.15, 0.2) is 0 Å². The summed E-state index contributed by atoms with van der Waals surface area (Å²) < 4.78 is 4.57. The Kier molecular flexibility index (Phi) is 6.96. The van der Waals surface area contributed by atoms with Crippen molar-refractivity contribution in [1.29, 1.82) is 0 Å². The molecule has 1 N–H and O–H groups in total. The Morgan fingerprint density at radius 3 is 2.40 bits per heavy atom. The van der Waals surface area contributed by atoms with Gasteiger partial charge in [-0.05, 0) is 18.8 Å². The highest BCUT2D eigenvalue weighted by Gasteiger charge is 2.21. The third-order valence-corrected chi connectivity index (χ3v) is 2.45. The largest absolute Gasteiger partial charge is 0.469 e. The molecule has 0 aromatic heterocycles. The third kappa shape index (κ3) is 5.52. The van der Waals surface area contributed by atoms with Crippen LogP contribution in [0.2, 0.25) is 0 Å². The Hall–Kier alpha value is -0.900. The van der Waals surface area contributed by atoms with Crippen molar-refractivity contribution in [1.82, 2.24) is 0 Å². The van der Waals surface area contributed by atoms with Crippen molar-refractivity contribution >= 4 is 12.3 Å². The van der Waals surface area contributed by atoms with Crippen LogP contribution in [0.1, 0.15) is 26.7 Å². The first-order valence-corrected chi connectivity index (χ1v) is 5.19. The molecule has 3 atom stereocenters. The summed E-state index contributed by atoms with van der Waals surface area (Å²) in [6, 6.07) is 0. The molecule has 0 aliphatic heterocycles. The first-order chi connectivity index (χ1) is 7.04. The molecule has 0 aromatic rings. The summed E-state index contributed by atoms with van der Waals surface area (Å²) in [5.41, 5.74) is 0. The van der Waals surface area contributed by atoms with E-state index in [0.717, 1.165) is 12.7 Å². The molecule has 0 radical (unpaired) electrons. The fraction of sp³-hybridized carbons (Fsp3) is 0.818. The minimum atomic E-state index is -0.469. The van der Waals surface area contributed by atoms with Crippen LogP contribution in [-0.4, -0.2) is 31.1 Å². The van der Waals surface area contributed by atoms with Crippen LogP contribution in [0, 0.1) is 17.8 Å². The smallest absolute Gasteiger partial charge is 0.311 e. The Bertz CT molecular complexity index is 203. The lowest BCUT2D eigenvalue weighted by Gasteiger charge is -2.18. The zero-order valence-corrected chi connectivity index (χ0v) is 9.60. The van der Waals surface area contributed by atoms with E-state index >= 15 is 0 Å². The number of aliphatic hydroxyl groups excluding tert-OH is 1. The zero-order chi connectivity index (χ0) is 11.8. The molecule has 0 aliphatic carbocycles. The summed E-state index contributed by atoms with van der Waals surface area (Å²) in [6.07, 6.45) is 2.20. The summed E-state index contributed by atoms with van der Waals surface area (Å²) in [7, 11) is 1.31. The second-order valence-corrected chi connectivity index (χ2v) is 4.09. The Morgan fingerprint density at radius 1 is 1.40 bits per heavy atom. The lowest BCUT2D eigenvalue weighted by molar-refractivity contribution is -0.147. The van der Waals surface area contributed by atoms with E-state index in [4.69, 9.17) is 5.11 Å². The lowest BCUT2D eigenvalue weighted by Crippen LogP contribution is -2.23. The molecular weight excluding hydrogens is 196 g/mol. The van der Waals surface area contributed by atoms with E-state index in [1.807, 2.05) is 13.8 Å². The fourth-order valence-corrected chi connectivity index (χ4v) is 1.68. The number of aldehydes is 1. The number of carbonyl (C=O) groups is 2. The van der Waals surface area contributed by atoms with Crippen LogP contribution in [0.3, 0.4) is 0 Å². The fourth-order valence-electron chi connectivity index (χ4n) is 1.68. The molecule has 0 saturated heterocycles. The topological polar surface area (TPSA) is 63.6 Å². The highest BCUT2D eigenvalue weighted by atomic mass is 16.5. The number of carbonyl (C=O) groups excluding carboxylic acids is 2. The van der Waals surface area contributed by atoms with Crippen molar-refractivity contribution in [2.45, 2.75) is 26.7 Å². The number of esters is 1. The van der Waals surface area contributed by atoms with Crippen LogP contribution in [0.25, 0.3) is 0 Å². The average Bonchev–Trinajstić information content (AvgIpc) is 2.24. The van der Waals surface area contributed by atoms with Gasteiger partial charge in [-0.1, -0.05) is 13.8 Å². The molecule has 0 saturated carbocycles. The SMILES string of the molecule is COC(=O)[C@@H](CO)C[C@@H](C)C[C@@H](C)C=O. The molecule has 15 heavy (non-hydrogen) atoms. The van der Waals surface area contributed by atoms with Gasteiger partial charge in [-0.3, -0.25) is 4.79 Å². The van der Waals surface area contributed by atoms with E-state index in [1.54, 1.807) is 0 Å². The van der Waals surface area contributed by atoms with Gasteiger partial charge in [0.2, 0.25) is 0 Å². The van der Waals surface area contributed by atoms with Crippen molar-refractivity contribution in [3.05, 3.63) is 0 Å². The zero-order valence-electron chi connectivity index (χ0n) is 9.60. The van der Waals surface area contributed by atoms with Crippen molar-refractivity contribution in [3.63, 3.8) is 0 Å². The minimum absolute atomic E-state index is 0.00279. The minimum Gasteiger partial charge on any atom is -0.469 e. The third-order valence-electron chi connectivity index (χ3n) is 2.45. The maximum Gasteiger partial charge on any atom is 0.311 e. The van der Waals surface area contributed by atoms with E-state index < -0.39 is 5.92 Å². The molecule has 88 valence electrons. The van der Waals surface area contributed by atoms with Crippen LogP contribution in [0.5, 0.6) is 0 Å². The van der Waals surface area contributed by atoms with E-state index in [9.17, 15) is 9.59 Å². The van der Waals surface area contributed by atoms with Gasteiger partial charge >= 0.3 is 5.97 Å². The van der Waals surface area contributed by atoms with Crippen molar-refractivity contribution < 1.29 is 19.4 Å². The molecule has 0 unspecified atom stereocenters. The van der Waals surface area contributed by atoms with Gasteiger partial charge in [-0.25, -0.2) is 0 Å². The monoisotopic (exact) mass is 216 g/mol. The summed E-state index contributed by atoms with van der Waals surface area (Å²) in [5, 5.41) is 9.00. The Labute approximate surface area is 90.6 Å². The number of rotatable bonds is 7. The summed E-state index contributed by atoms with van der Waals surface area (Å²) >= 11 is 0. The predicted molar refractivity (Wildman–Crippen MR) is 56.2 cm³/mol. The molecule has 4 nitrogen and oxygen atoms in total. The molecule has 0 heterocycles. The molecular formula is C11H20O4. The quantitative estimate of drug-likeness (QED) is 0.509. The molecule has 4 heteroatoms. The van der Waals surface area contributed by atoms with Crippen molar-refractivity contribution in [2.24, 2.45) is 17.8 Å². The second-order valence-electron chi connectivity index (χ2n) is 4.09. The molecule has 0 spiro atoms. The van der Waals surface area contributed by atoms with Gasteiger partial charge in [-0.2, -0.15) is 0 Å². The number of aliphatic hydroxyl groups is 1. The molecule has 0 amide bonds. The molecule has 0 rings (SSSR count). The number of ether oxygens (including phenoxy) is 1. The summed E-state index contributed by atoms with van der Waals surface area (Å²) in [4.78, 5) is 21.6. The van der Waals surface area contributed by atoms with Crippen molar-refractivity contribution in [3.8, 4) is 0 Å². The second kappa shape index (κ2) is 7.40. The van der Waals surface area contributed by atoms with Crippen LogP contribution in [0.4, 0.5) is 0 Å². The number of methoxy groups -OCH3 is 1. The Balaban J connectivity index is 4.06. The van der Waals surface area contributed by atoms with Gasteiger partial charge in [0.1, 0.15) is 6.29 Å². The highest BCUT2D eigenvalue weighted by molar-refractivity contribution is 5.72. The van der Waals surface area contributed by atoms with E-state index in [2.05, 4.69) is 4.74 Å². The number of hydrogen-bond donors (Lipinski definition) is 1. The summed E-state index contributed by atoms with van der Waals surface area (Å²) in [5.74, 6) is -0.634.